The third kappa shape index (κ3) is 2.97. The molecule has 3 heteroatoms. The summed E-state index contributed by atoms with van der Waals surface area (Å²) in [6.45, 7) is 4.48. The molecule has 1 saturated heterocycles. The van der Waals surface area contributed by atoms with Crippen LogP contribution in [0.5, 0.6) is 0 Å². The summed E-state index contributed by atoms with van der Waals surface area (Å²) in [6, 6.07) is 0. The summed E-state index contributed by atoms with van der Waals surface area (Å²) in [5.74, 6) is 3.93. The number of hydrogen-bond acceptors (Lipinski definition) is 3. The summed E-state index contributed by atoms with van der Waals surface area (Å²) in [6.07, 6.45) is 0. The zero-order valence-corrected chi connectivity index (χ0v) is 8.95. The van der Waals surface area contributed by atoms with Gasteiger partial charge >= 0.3 is 0 Å². The van der Waals surface area contributed by atoms with Crippen LogP contribution in [0.1, 0.15) is 13.8 Å². The van der Waals surface area contributed by atoms with E-state index in [1.54, 1.807) is 0 Å². The van der Waals surface area contributed by atoms with Crippen LogP contribution in [0.25, 0.3) is 0 Å². The SMILES string of the molecule is CCSCC1SC1SCC. The van der Waals surface area contributed by atoms with Crippen molar-refractivity contribution in [1.29, 1.82) is 0 Å². The summed E-state index contributed by atoms with van der Waals surface area (Å²) in [7, 11) is 0. The lowest BCUT2D eigenvalue weighted by Crippen LogP contribution is -1.93. The zero-order valence-electron chi connectivity index (χ0n) is 6.50. The Morgan fingerprint density at radius 3 is 2.70 bits per heavy atom. The van der Waals surface area contributed by atoms with Gasteiger partial charge in [-0.1, -0.05) is 13.8 Å². The van der Waals surface area contributed by atoms with E-state index in [0.29, 0.717) is 0 Å². The van der Waals surface area contributed by atoms with Crippen LogP contribution in [0, 0.1) is 0 Å². The molecule has 0 nitrogen and oxygen atoms in total. The largest absolute Gasteiger partial charge is 0.161 e. The Balaban J connectivity index is 1.92. The topological polar surface area (TPSA) is 0 Å². The van der Waals surface area contributed by atoms with Crippen molar-refractivity contribution in [3.63, 3.8) is 0 Å². The zero-order chi connectivity index (χ0) is 7.40. The lowest BCUT2D eigenvalue weighted by molar-refractivity contribution is 1.22. The molecule has 0 amide bonds. The van der Waals surface area contributed by atoms with Crippen molar-refractivity contribution < 1.29 is 0 Å². The fourth-order valence-electron chi connectivity index (χ4n) is 0.790. The minimum Gasteiger partial charge on any atom is -0.161 e. The summed E-state index contributed by atoms with van der Waals surface area (Å²) in [4.78, 5) is 0. The first-order valence-corrected chi connectivity index (χ1v) is 6.88. The standard InChI is InChI=1S/C7H14S3/c1-3-8-5-6-7(10-6)9-4-2/h6-7H,3-5H2,1-2H3. The molecule has 0 N–H and O–H groups in total. The average Bonchev–Trinajstić information content (AvgIpc) is 2.65. The molecule has 0 aromatic heterocycles. The maximum Gasteiger partial charge on any atom is 0.0633 e. The molecular formula is C7H14S3. The molecule has 0 radical (unpaired) electrons. The monoisotopic (exact) mass is 194 g/mol. The van der Waals surface area contributed by atoms with Gasteiger partial charge in [-0.05, 0) is 11.5 Å². The van der Waals surface area contributed by atoms with Crippen LogP contribution < -0.4 is 0 Å². The summed E-state index contributed by atoms with van der Waals surface area (Å²) in [5, 5.41) is 0.981. The van der Waals surface area contributed by atoms with Crippen molar-refractivity contribution in [3.8, 4) is 0 Å². The maximum atomic E-state index is 2.24. The van der Waals surface area contributed by atoms with Crippen molar-refractivity contribution in [2.75, 3.05) is 17.3 Å². The van der Waals surface area contributed by atoms with Gasteiger partial charge in [-0.15, -0.1) is 23.5 Å². The first kappa shape index (κ1) is 9.14. The summed E-state index contributed by atoms with van der Waals surface area (Å²) < 4.78 is 0.948. The molecule has 1 aliphatic rings. The fourth-order valence-corrected chi connectivity index (χ4v) is 4.67. The van der Waals surface area contributed by atoms with Gasteiger partial charge in [0.05, 0.1) is 4.58 Å². The van der Waals surface area contributed by atoms with E-state index in [0.717, 1.165) is 9.83 Å². The van der Waals surface area contributed by atoms with Gasteiger partial charge in [0.2, 0.25) is 0 Å². The second-order valence-corrected chi connectivity index (χ2v) is 6.58. The summed E-state index contributed by atoms with van der Waals surface area (Å²) in [5.41, 5.74) is 0. The van der Waals surface area contributed by atoms with Crippen molar-refractivity contribution in [3.05, 3.63) is 0 Å². The predicted molar refractivity (Wildman–Crippen MR) is 56.3 cm³/mol. The van der Waals surface area contributed by atoms with Crippen LogP contribution in [-0.2, 0) is 0 Å². The normalized spacial score (nSPS) is 30.6. The molecule has 1 fully saturated rings. The van der Waals surface area contributed by atoms with E-state index in [-0.39, 0.29) is 0 Å². The Morgan fingerprint density at radius 2 is 2.10 bits per heavy atom. The molecule has 0 bridgehead atoms. The fraction of sp³-hybridized carbons (Fsp3) is 1.00. The van der Waals surface area contributed by atoms with Gasteiger partial charge in [-0.3, -0.25) is 0 Å². The van der Waals surface area contributed by atoms with Gasteiger partial charge in [-0.2, -0.15) is 11.8 Å². The van der Waals surface area contributed by atoms with Crippen LogP contribution in [0.15, 0.2) is 0 Å². The van der Waals surface area contributed by atoms with Crippen LogP contribution in [0.2, 0.25) is 0 Å². The first-order valence-electron chi connectivity index (χ1n) is 3.73. The van der Waals surface area contributed by atoms with Crippen molar-refractivity contribution in [2.45, 2.75) is 23.7 Å². The number of hydrogen-bond donors (Lipinski definition) is 0. The van der Waals surface area contributed by atoms with Crippen LogP contribution >= 0.6 is 35.3 Å². The van der Waals surface area contributed by atoms with Crippen LogP contribution in [0.4, 0.5) is 0 Å². The third-order valence-electron chi connectivity index (χ3n) is 1.35. The van der Waals surface area contributed by atoms with Crippen molar-refractivity contribution >= 4 is 35.3 Å². The highest BCUT2D eigenvalue weighted by atomic mass is 32.2. The molecule has 1 aliphatic heterocycles. The maximum absolute atomic E-state index is 2.24. The molecule has 0 aliphatic carbocycles. The number of thioether (sulfide) groups is 3. The molecule has 0 saturated carbocycles. The van der Waals surface area contributed by atoms with E-state index >= 15 is 0 Å². The molecule has 0 aromatic carbocycles. The molecule has 2 atom stereocenters. The molecule has 1 rings (SSSR count). The van der Waals surface area contributed by atoms with Gasteiger partial charge in [0, 0.05) is 11.0 Å². The van der Waals surface area contributed by atoms with E-state index in [4.69, 9.17) is 0 Å². The Bertz CT molecular complexity index is 94.9. The minimum atomic E-state index is 0.948. The molecule has 1 heterocycles. The average molecular weight is 194 g/mol. The molecule has 0 aromatic rings. The Labute approximate surface area is 76.3 Å². The molecule has 60 valence electrons. The highest BCUT2D eigenvalue weighted by Gasteiger charge is 2.37. The van der Waals surface area contributed by atoms with Crippen molar-refractivity contribution in [1.82, 2.24) is 0 Å². The van der Waals surface area contributed by atoms with Gasteiger partial charge in [0.25, 0.3) is 0 Å². The number of rotatable bonds is 5. The van der Waals surface area contributed by atoms with E-state index in [1.165, 1.54) is 17.3 Å². The predicted octanol–water partition coefficient (Wildman–Crippen LogP) is 2.93. The second kappa shape index (κ2) is 4.83. The van der Waals surface area contributed by atoms with E-state index in [2.05, 4.69) is 49.1 Å². The molecule has 2 unspecified atom stereocenters. The molecule has 10 heavy (non-hydrogen) atoms. The smallest absolute Gasteiger partial charge is 0.0633 e. The minimum absolute atomic E-state index is 0.948. The Morgan fingerprint density at radius 1 is 1.30 bits per heavy atom. The lowest BCUT2D eigenvalue weighted by Gasteiger charge is -1.93. The van der Waals surface area contributed by atoms with Crippen LogP contribution in [-0.4, -0.2) is 27.1 Å². The van der Waals surface area contributed by atoms with Gasteiger partial charge in [0.1, 0.15) is 0 Å². The first-order chi connectivity index (χ1) is 4.88. The molecule has 0 spiro atoms. The Kier molecular flexibility index (Phi) is 4.42. The summed E-state index contributed by atoms with van der Waals surface area (Å²) >= 11 is 6.32. The lowest BCUT2D eigenvalue weighted by atomic mass is 10.6. The van der Waals surface area contributed by atoms with E-state index < -0.39 is 0 Å². The van der Waals surface area contributed by atoms with E-state index in [9.17, 15) is 0 Å². The highest BCUT2D eigenvalue weighted by molar-refractivity contribution is 8.24. The van der Waals surface area contributed by atoms with E-state index in [1.807, 2.05) is 0 Å². The van der Waals surface area contributed by atoms with Gasteiger partial charge in [0.15, 0.2) is 0 Å². The van der Waals surface area contributed by atoms with Gasteiger partial charge < -0.3 is 0 Å². The second-order valence-electron chi connectivity index (χ2n) is 2.16. The van der Waals surface area contributed by atoms with Crippen LogP contribution in [0.3, 0.4) is 0 Å². The Hall–Kier alpha value is 1.05. The third-order valence-corrected chi connectivity index (χ3v) is 5.54. The molecular weight excluding hydrogens is 180 g/mol. The highest BCUT2D eigenvalue weighted by Crippen LogP contribution is 2.50. The quantitative estimate of drug-likeness (QED) is 0.618. The van der Waals surface area contributed by atoms with Crippen molar-refractivity contribution in [2.24, 2.45) is 0 Å². The van der Waals surface area contributed by atoms with Gasteiger partial charge in [-0.25, -0.2) is 0 Å².